The van der Waals surface area contributed by atoms with Gasteiger partial charge in [0, 0.05) is 24.3 Å². The van der Waals surface area contributed by atoms with Gasteiger partial charge >= 0.3 is 0 Å². The predicted octanol–water partition coefficient (Wildman–Crippen LogP) is 3.92. The largest absolute Gasteiger partial charge is 0.372 e. The first-order valence-electron chi connectivity index (χ1n) is 6.94. The van der Waals surface area contributed by atoms with Crippen molar-refractivity contribution in [3.8, 4) is 0 Å². The number of hydrogen-bond donors (Lipinski definition) is 0. The minimum atomic E-state index is -0.152. The van der Waals surface area contributed by atoms with Gasteiger partial charge in [-0.25, -0.2) is 4.39 Å². The van der Waals surface area contributed by atoms with Gasteiger partial charge in [-0.05, 0) is 30.7 Å². The quantitative estimate of drug-likeness (QED) is 0.779. The van der Waals surface area contributed by atoms with Gasteiger partial charge in [-0.15, -0.1) is 0 Å². The van der Waals surface area contributed by atoms with Gasteiger partial charge in [-0.1, -0.05) is 30.3 Å². The van der Waals surface area contributed by atoms with E-state index in [0.717, 1.165) is 23.4 Å². The third-order valence-electron chi connectivity index (χ3n) is 3.79. The third-order valence-corrected chi connectivity index (χ3v) is 3.79. The number of benzene rings is 2. The average molecular weight is 271 g/mol. The molecule has 0 aromatic heterocycles. The lowest BCUT2D eigenvalue weighted by atomic mass is 10.0. The number of halogens is 1. The molecule has 1 unspecified atom stereocenters. The van der Waals surface area contributed by atoms with Crippen LogP contribution in [0.15, 0.2) is 48.5 Å². The van der Waals surface area contributed by atoms with E-state index in [1.54, 1.807) is 6.07 Å². The molecule has 2 aromatic rings. The maximum atomic E-state index is 14.2. The van der Waals surface area contributed by atoms with Crippen LogP contribution in [0.2, 0.25) is 0 Å². The van der Waals surface area contributed by atoms with Gasteiger partial charge in [-0.3, -0.25) is 0 Å². The molecule has 0 saturated carbocycles. The molecule has 3 rings (SSSR count). The van der Waals surface area contributed by atoms with Crippen LogP contribution >= 0.6 is 0 Å². The first-order valence-corrected chi connectivity index (χ1v) is 6.94. The Morgan fingerprint density at radius 1 is 1.10 bits per heavy atom. The van der Waals surface area contributed by atoms with Gasteiger partial charge < -0.3 is 9.64 Å². The van der Waals surface area contributed by atoms with E-state index in [4.69, 9.17) is 4.74 Å². The Morgan fingerprint density at radius 2 is 1.90 bits per heavy atom. The van der Waals surface area contributed by atoms with Crippen molar-refractivity contribution in [2.45, 2.75) is 19.6 Å². The predicted molar refractivity (Wildman–Crippen MR) is 78.3 cm³/mol. The van der Waals surface area contributed by atoms with Crippen LogP contribution in [-0.4, -0.2) is 13.2 Å². The average Bonchev–Trinajstić information content (AvgIpc) is 2.46. The molecule has 20 heavy (non-hydrogen) atoms. The number of rotatable bonds is 1. The van der Waals surface area contributed by atoms with Crippen LogP contribution in [0.5, 0.6) is 0 Å². The summed E-state index contributed by atoms with van der Waals surface area (Å²) in [5, 5.41) is 0. The van der Waals surface area contributed by atoms with Crippen LogP contribution in [0.25, 0.3) is 0 Å². The Balaban J connectivity index is 1.99. The summed E-state index contributed by atoms with van der Waals surface area (Å²) in [6.07, 6.45) is -0.0568. The fourth-order valence-corrected chi connectivity index (χ4v) is 2.68. The van der Waals surface area contributed by atoms with Gasteiger partial charge in [0.25, 0.3) is 0 Å². The van der Waals surface area contributed by atoms with Gasteiger partial charge in [0.2, 0.25) is 0 Å². The van der Waals surface area contributed by atoms with Crippen molar-refractivity contribution in [2.75, 3.05) is 18.1 Å². The number of hydrogen-bond acceptors (Lipinski definition) is 2. The van der Waals surface area contributed by atoms with Crippen molar-refractivity contribution in [3.63, 3.8) is 0 Å². The first-order chi connectivity index (χ1) is 9.75. The standard InChI is InChI=1S/C17H18FNO/c1-13-15-8-5-9-17(18)16(15)12-19(10-11-20-13)14-6-3-2-4-7-14/h2-9,13H,10-12H2,1H3. The molecule has 104 valence electrons. The maximum absolute atomic E-state index is 14.2. The molecule has 3 heteroatoms. The van der Waals surface area contributed by atoms with E-state index in [2.05, 4.69) is 4.90 Å². The van der Waals surface area contributed by atoms with Crippen LogP contribution < -0.4 is 4.90 Å². The zero-order chi connectivity index (χ0) is 13.9. The summed E-state index contributed by atoms with van der Waals surface area (Å²) in [4.78, 5) is 2.16. The Kier molecular flexibility index (Phi) is 3.70. The molecule has 0 N–H and O–H groups in total. The minimum Gasteiger partial charge on any atom is -0.372 e. The van der Waals surface area contributed by atoms with Gasteiger partial charge in [0.05, 0.1) is 12.7 Å². The van der Waals surface area contributed by atoms with Gasteiger partial charge in [0.1, 0.15) is 5.82 Å². The van der Waals surface area contributed by atoms with Crippen molar-refractivity contribution < 1.29 is 9.13 Å². The summed E-state index contributed by atoms with van der Waals surface area (Å²) in [6, 6.07) is 15.3. The number of ether oxygens (including phenoxy) is 1. The fourth-order valence-electron chi connectivity index (χ4n) is 2.68. The molecule has 0 saturated heterocycles. The number of para-hydroxylation sites is 1. The summed E-state index contributed by atoms with van der Waals surface area (Å²) in [5.74, 6) is -0.152. The van der Waals surface area contributed by atoms with E-state index in [1.165, 1.54) is 6.07 Å². The molecule has 1 heterocycles. The first kappa shape index (κ1) is 13.1. The third kappa shape index (κ3) is 2.54. The van der Waals surface area contributed by atoms with Crippen LogP contribution in [0.3, 0.4) is 0 Å². The van der Waals surface area contributed by atoms with Crippen molar-refractivity contribution in [2.24, 2.45) is 0 Å². The Morgan fingerprint density at radius 3 is 2.70 bits per heavy atom. The molecule has 1 atom stereocenters. The van der Waals surface area contributed by atoms with E-state index in [9.17, 15) is 4.39 Å². The van der Waals surface area contributed by atoms with Crippen LogP contribution in [-0.2, 0) is 11.3 Å². The lowest BCUT2D eigenvalue weighted by molar-refractivity contribution is 0.0668. The Labute approximate surface area is 118 Å². The molecule has 0 amide bonds. The fraction of sp³-hybridized carbons (Fsp3) is 0.294. The van der Waals surface area contributed by atoms with Gasteiger partial charge in [0.15, 0.2) is 0 Å². The lowest BCUT2D eigenvalue weighted by Gasteiger charge is -2.30. The highest BCUT2D eigenvalue weighted by Crippen LogP contribution is 2.28. The maximum Gasteiger partial charge on any atom is 0.128 e. The van der Waals surface area contributed by atoms with E-state index in [0.29, 0.717) is 13.2 Å². The highest BCUT2D eigenvalue weighted by Gasteiger charge is 2.20. The van der Waals surface area contributed by atoms with E-state index < -0.39 is 0 Å². The zero-order valence-electron chi connectivity index (χ0n) is 11.6. The van der Waals surface area contributed by atoms with Crippen molar-refractivity contribution in [3.05, 3.63) is 65.5 Å². The SMILES string of the molecule is CC1OCCN(c2ccccc2)Cc2c(F)cccc21. The Hall–Kier alpha value is -1.87. The van der Waals surface area contributed by atoms with Crippen molar-refractivity contribution in [1.29, 1.82) is 0 Å². The van der Waals surface area contributed by atoms with Crippen LogP contribution in [0.1, 0.15) is 24.2 Å². The summed E-state index contributed by atoms with van der Waals surface area (Å²) >= 11 is 0. The monoisotopic (exact) mass is 271 g/mol. The van der Waals surface area contributed by atoms with Gasteiger partial charge in [-0.2, -0.15) is 0 Å². The van der Waals surface area contributed by atoms with E-state index in [-0.39, 0.29) is 11.9 Å². The molecule has 0 aliphatic carbocycles. The highest BCUT2D eigenvalue weighted by atomic mass is 19.1. The van der Waals surface area contributed by atoms with E-state index in [1.807, 2.05) is 43.3 Å². The van der Waals surface area contributed by atoms with E-state index >= 15 is 0 Å². The van der Waals surface area contributed by atoms with Crippen LogP contribution in [0.4, 0.5) is 10.1 Å². The molecule has 0 radical (unpaired) electrons. The molecule has 0 bridgehead atoms. The Bertz CT molecular complexity index is 585. The molecule has 1 aliphatic rings. The minimum absolute atomic E-state index is 0.0568. The number of nitrogens with zero attached hydrogens (tertiary/aromatic N) is 1. The summed E-state index contributed by atoms with van der Waals surface area (Å²) in [6.45, 7) is 3.98. The number of anilines is 1. The molecule has 2 aromatic carbocycles. The van der Waals surface area contributed by atoms with Crippen LogP contribution in [0, 0.1) is 5.82 Å². The summed E-state index contributed by atoms with van der Waals surface area (Å²) < 4.78 is 20.0. The molecular formula is C17H18FNO. The van der Waals surface area contributed by atoms with Crippen molar-refractivity contribution >= 4 is 5.69 Å². The highest BCUT2D eigenvalue weighted by molar-refractivity contribution is 5.48. The summed E-state index contributed by atoms with van der Waals surface area (Å²) in [5.41, 5.74) is 2.79. The molecule has 0 fully saturated rings. The smallest absolute Gasteiger partial charge is 0.128 e. The normalized spacial score (nSPS) is 19.1. The molecular weight excluding hydrogens is 253 g/mol. The topological polar surface area (TPSA) is 12.5 Å². The molecule has 1 aliphatic heterocycles. The number of fused-ring (bicyclic) bond motifs is 1. The van der Waals surface area contributed by atoms with Crippen molar-refractivity contribution in [1.82, 2.24) is 0 Å². The zero-order valence-corrected chi connectivity index (χ0v) is 11.6. The second kappa shape index (κ2) is 5.63. The second-order valence-electron chi connectivity index (χ2n) is 5.08. The molecule has 2 nitrogen and oxygen atoms in total. The summed E-state index contributed by atoms with van der Waals surface area (Å²) in [7, 11) is 0. The lowest BCUT2D eigenvalue weighted by Crippen LogP contribution is -2.30. The second-order valence-corrected chi connectivity index (χ2v) is 5.08. The molecule has 0 spiro atoms.